The lowest BCUT2D eigenvalue weighted by Gasteiger charge is -2.08. The summed E-state index contributed by atoms with van der Waals surface area (Å²) in [7, 11) is 1.51. The maximum absolute atomic E-state index is 12.9. The van der Waals surface area contributed by atoms with Crippen LogP contribution in [0.5, 0.6) is 23.0 Å². The fraction of sp³-hybridized carbons (Fsp3) is 0.138. The number of hydrogen-bond donors (Lipinski definition) is 0. The fourth-order valence-corrected chi connectivity index (χ4v) is 3.74. The van der Waals surface area contributed by atoms with Gasteiger partial charge in [-0.2, -0.15) is 0 Å². The van der Waals surface area contributed by atoms with Gasteiger partial charge in [0.2, 0.25) is 16.9 Å². The topological polar surface area (TPSA) is 114 Å². The quantitative estimate of drug-likeness (QED) is 0.178. The summed E-state index contributed by atoms with van der Waals surface area (Å²) in [6, 6.07) is 17.5. The number of para-hydroxylation sites is 1. The molecule has 9 nitrogen and oxygen atoms in total. The molecule has 0 atom stereocenters. The smallest absolute Gasteiger partial charge is 0.379 e. The largest absolute Gasteiger partial charge is 0.493 e. The van der Waals surface area contributed by atoms with Crippen LogP contribution < -0.4 is 19.6 Å². The normalized spacial score (nSPS) is 10.9. The number of furan rings is 1. The summed E-state index contributed by atoms with van der Waals surface area (Å²) in [6.07, 6.45) is 1.90. The lowest BCUT2D eigenvalue weighted by molar-refractivity contribution is 0.0504. The lowest BCUT2D eigenvalue weighted by atomic mass is 10.2. The van der Waals surface area contributed by atoms with Crippen molar-refractivity contribution < 1.29 is 37.4 Å². The van der Waals surface area contributed by atoms with Gasteiger partial charge in [0, 0.05) is 11.5 Å². The Hall–Kier alpha value is -5.05. The third-order valence-electron chi connectivity index (χ3n) is 5.61. The zero-order valence-electron chi connectivity index (χ0n) is 20.5. The van der Waals surface area contributed by atoms with E-state index in [0.29, 0.717) is 34.6 Å². The van der Waals surface area contributed by atoms with E-state index in [1.165, 1.54) is 31.6 Å². The number of carbonyl (C=O) groups excluding carboxylic acids is 2. The maximum atomic E-state index is 12.9. The minimum Gasteiger partial charge on any atom is -0.493 e. The Morgan fingerprint density at radius 1 is 0.895 bits per heavy atom. The Labute approximate surface area is 216 Å². The van der Waals surface area contributed by atoms with Gasteiger partial charge in [0.05, 0.1) is 24.7 Å². The molecule has 0 amide bonds. The number of carbonyl (C=O) groups is 2. The van der Waals surface area contributed by atoms with E-state index in [-0.39, 0.29) is 28.2 Å². The van der Waals surface area contributed by atoms with Gasteiger partial charge in [-0.15, -0.1) is 0 Å². The van der Waals surface area contributed by atoms with E-state index in [2.05, 4.69) is 0 Å². The molecule has 5 aromatic rings. The molecule has 0 aliphatic heterocycles. The van der Waals surface area contributed by atoms with Crippen LogP contribution in [0, 0.1) is 0 Å². The van der Waals surface area contributed by atoms with Crippen molar-refractivity contribution in [2.24, 2.45) is 0 Å². The second-order valence-corrected chi connectivity index (χ2v) is 8.23. The van der Waals surface area contributed by atoms with E-state index in [1.54, 1.807) is 48.5 Å². The van der Waals surface area contributed by atoms with Gasteiger partial charge in [0.1, 0.15) is 23.3 Å². The van der Waals surface area contributed by atoms with Crippen LogP contribution in [-0.2, 0) is 4.74 Å². The van der Waals surface area contributed by atoms with E-state index in [9.17, 15) is 14.4 Å². The molecule has 0 saturated carbocycles. The van der Waals surface area contributed by atoms with Crippen molar-refractivity contribution in [2.75, 3.05) is 13.7 Å². The van der Waals surface area contributed by atoms with Crippen molar-refractivity contribution in [2.45, 2.75) is 13.3 Å². The van der Waals surface area contributed by atoms with Crippen molar-refractivity contribution >= 4 is 33.9 Å². The van der Waals surface area contributed by atoms with Gasteiger partial charge in [-0.3, -0.25) is 4.79 Å². The molecule has 0 unspecified atom stereocenters. The van der Waals surface area contributed by atoms with Crippen molar-refractivity contribution in [3.05, 3.63) is 94.5 Å². The molecule has 0 aliphatic carbocycles. The molecule has 3 aromatic carbocycles. The molecule has 38 heavy (non-hydrogen) atoms. The predicted octanol–water partition coefficient (Wildman–Crippen LogP) is 6.13. The highest BCUT2D eigenvalue weighted by Gasteiger charge is 2.18. The van der Waals surface area contributed by atoms with Crippen LogP contribution >= 0.6 is 0 Å². The second kappa shape index (κ2) is 10.5. The molecule has 0 bridgehead atoms. The molecule has 192 valence electrons. The van der Waals surface area contributed by atoms with Crippen LogP contribution in [0.25, 0.3) is 21.9 Å². The summed E-state index contributed by atoms with van der Waals surface area (Å²) in [4.78, 5) is 37.6. The Morgan fingerprint density at radius 3 is 2.45 bits per heavy atom. The SMILES string of the molecule is CCCOC(=O)c1ccc(Oc2coc3cc(OC(=O)c4cc5cccc(OC)c5o4)ccc3c2=O)cc1. The minimum absolute atomic E-state index is 0.000517. The second-order valence-electron chi connectivity index (χ2n) is 8.23. The van der Waals surface area contributed by atoms with E-state index in [1.807, 2.05) is 6.92 Å². The molecule has 0 saturated heterocycles. The van der Waals surface area contributed by atoms with Gasteiger partial charge < -0.3 is 27.8 Å². The molecule has 0 fully saturated rings. The van der Waals surface area contributed by atoms with Crippen LogP contribution in [0.1, 0.15) is 34.3 Å². The Kier molecular flexibility index (Phi) is 6.82. The first-order valence-corrected chi connectivity index (χ1v) is 11.8. The average Bonchev–Trinajstić information content (AvgIpc) is 3.38. The van der Waals surface area contributed by atoms with Crippen molar-refractivity contribution in [1.82, 2.24) is 0 Å². The van der Waals surface area contributed by atoms with Crippen LogP contribution in [0.15, 0.2) is 86.6 Å². The maximum Gasteiger partial charge on any atom is 0.379 e. The molecule has 0 aliphatic rings. The monoisotopic (exact) mass is 514 g/mol. The number of hydrogen-bond acceptors (Lipinski definition) is 9. The molecule has 0 N–H and O–H groups in total. The first kappa shape index (κ1) is 24.6. The summed E-state index contributed by atoms with van der Waals surface area (Å²) < 4.78 is 32.7. The molecule has 9 heteroatoms. The van der Waals surface area contributed by atoms with Gasteiger partial charge >= 0.3 is 11.9 Å². The third-order valence-corrected chi connectivity index (χ3v) is 5.61. The van der Waals surface area contributed by atoms with Gasteiger partial charge in [-0.1, -0.05) is 19.1 Å². The van der Waals surface area contributed by atoms with Crippen LogP contribution in [0.3, 0.4) is 0 Å². The summed E-state index contributed by atoms with van der Waals surface area (Å²) in [5.41, 5.74) is 0.596. The molecular weight excluding hydrogens is 492 g/mol. The summed E-state index contributed by atoms with van der Waals surface area (Å²) in [5, 5.41) is 0.926. The highest BCUT2D eigenvalue weighted by Crippen LogP contribution is 2.30. The zero-order chi connectivity index (χ0) is 26.6. The van der Waals surface area contributed by atoms with Crippen LogP contribution in [0.2, 0.25) is 0 Å². The molecule has 5 rings (SSSR count). The molecule has 2 heterocycles. The number of fused-ring (bicyclic) bond motifs is 2. The summed E-state index contributed by atoms with van der Waals surface area (Å²) in [5.74, 6) is -0.183. The average molecular weight is 514 g/mol. The van der Waals surface area contributed by atoms with E-state index < -0.39 is 17.4 Å². The molecular formula is C29H22O9. The molecule has 0 radical (unpaired) electrons. The molecule has 0 spiro atoms. The summed E-state index contributed by atoms with van der Waals surface area (Å²) in [6.45, 7) is 2.25. The van der Waals surface area contributed by atoms with E-state index in [0.717, 1.165) is 6.42 Å². The number of rotatable bonds is 8. The minimum atomic E-state index is -0.716. The number of ether oxygens (including phenoxy) is 4. The molecule has 2 aromatic heterocycles. The first-order valence-electron chi connectivity index (χ1n) is 11.8. The van der Waals surface area contributed by atoms with E-state index in [4.69, 9.17) is 27.8 Å². The van der Waals surface area contributed by atoms with Crippen molar-refractivity contribution in [3.63, 3.8) is 0 Å². The number of methoxy groups -OCH3 is 1. The van der Waals surface area contributed by atoms with Gasteiger partial charge in [-0.25, -0.2) is 9.59 Å². The highest BCUT2D eigenvalue weighted by atomic mass is 16.6. The first-order chi connectivity index (χ1) is 18.5. The van der Waals surface area contributed by atoms with Gasteiger partial charge in [0.25, 0.3) is 0 Å². The Balaban J connectivity index is 1.32. The number of esters is 2. The third kappa shape index (κ3) is 4.94. The predicted molar refractivity (Wildman–Crippen MR) is 137 cm³/mol. The van der Waals surface area contributed by atoms with Crippen LogP contribution in [-0.4, -0.2) is 25.7 Å². The fourth-order valence-electron chi connectivity index (χ4n) is 3.74. The zero-order valence-corrected chi connectivity index (χ0v) is 20.5. The Morgan fingerprint density at radius 2 is 1.68 bits per heavy atom. The lowest BCUT2D eigenvalue weighted by Crippen LogP contribution is -2.08. The van der Waals surface area contributed by atoms with Gasteiger partial charge in [-0.05, 0) is 55.0 Å². The highest BCUT2D eigenvalue weighted by molar-refractivity contribution is 5.95. The van der Waals surface area contributed by atoms with Crippen molar-refractivity contribution in [1.29, 1.82) is 0 Å². The Bertz CT molecular complexity index is 1690. The van der Waals surface area contributed by atoms with E-state index >= 15 is 0 Å². The number of benzene rings is 3. The standard InChI is InChI=1S/C29H22O9/c1-3-13-34-28(31)17-7-9-19(10-8-17)36-25-16-35-23-15-20(11-12-21(23)26(25)30)37-29(32)24-14-18-5-4-6-22(33-2)27(18)38-24/h4-12,14-16H,3,13H2,1-2H3. The van der Waals surface area contributed by atoms with Crippen LogP contribution in [0.4, 0.5) is 0 Å². The summed E-state index contributed by atoms with van der Waals surface area (Å²) >= 11 is 0. The van der Waals surface area contributed by atoms with Gasteiger partial charge in [0.15, 0.2) is 11.3 Å². The van der Waals surface area contributed by atoms with Crippen molar-refractivity contribution in [3.8, 4) is 23.0 Å².